The van der Waals surface area contributed by atoms with Crippen LogP contribution in [0.3, 0.4) is 0 Å². The zero-order chi connectivity index (χ0) is 15.0. The third-order valence-corrected chi connectivity index (χ3v) is 2.35. The molecule has 0 aliphatic heterocycles. The lowest BCUT2D eigenvalue weighted by Crippen LogP contribution is -2.31. The Morgan fingerprint density at radius 2 is 2.15 bits per heavy atom. The maximum absolute atomic E-state index is 11.4. The number of benzene rings is 1. The number of carbonyl (C=O) groups excluding carboxylic acids is 1. The second-order valence-electron chi connectivity index (χ2n) is 3.72. The molecule has 0 fully saturated rings. The smallest absolute Gasteiger partial charge is 0.314 e. The van der Waals surface area contributed by atoms with Gasteiger partial charge in [-0.05, 0) is 12.1 Å². The number of rotatable bonds is 8. The summed E-state index contributed by atoms with van der Waals surface area (Å²) in [4.78, 5) is 21.7. The molecule has 20 heavy (non-hydrogen) atoms. The molecule has 0 heterocycles. The fourth-order valence-electron chi connectivity index (χ4n) is 1.38. The van der Waals surface area contributed by atoms with Crippen LogP contribution in [-0.2, 0) is 9.53 Å². The molecule has 8 nitrogen and oxygen atoms in total. The van der Waals surface area contributed by atoms with E-state index in [9.17, 15) is 14.9 Å². The van der Waals surface area contributed by atoms with Gasteiger partial charge in [0, 0.05) is 13.7 Å². The number of nitro benzene ring substituents is 1. The van der Waals surface area contributed by atoms with E-state index in [0.717, 1.165) is 0 Å². The number of amides is 1. The number of nitrogens with one attached hydrogen (secondary N) is 1. The highest BCUT2D eigenvalue weighted by Gasteiger charge is 2.17. The fourth-order valence-corrected chi connectivity index (χ4v) is 1.38. The highest BCUT2D eigenvalue weighted by atomic mass is 16.6. The van der Waals surface area contributed by atoms with Crippen LogP contribution in [0, 0.1) is 10.1 Å². The Labute approximate surface area is 115 Å². The Kier molecular flexibility index (Phi) is 6.24. The molecule has 0 aliphatic carbocycles. The predicted molar refractivity (Wildman–Crippen MR) is 70.0 cm³/mol. The zero-order valence-electron chi connectivity index (χ0n) is 11.3. The third kappa shape index (κ3) is 4.73. The number of carbonyl (C=O) groups is 1. The first-order valence-electron chi connectivity index (χ1n) is 5.79. The lowest BCUT2D eigenvalue weighted by atomic mass is 10.3. The van der Waals surface area contributed by atoms with Gasteiger partial charge in [0.1, 0.15) is 5.75 Å². The van der Waals surface area contributed by atoms with Crippen molar-refractivity contribution in [2.24, 2.45) is 0 Å². The van der Waals surface area contributed by atoms with Gasteiger partial charge in [-0.25, -0.2) is 0 Å². The van der Waals surface area contributed by atoms with E-state index in [2.05, 4.69) is 5.32 Å². The summed E-state index contributed by atoms with van der Waals surface area (Å²) in [7, 11) is 2.92. The quantitative estimate of drug-likeness (QED) is 0.429. The van der Waals surface area contributed by atoms with Gasteiger partial charge >= 0.3 is 5.69 Å². The molecule has 1 aromatic carbocycles. The van der Waals surface area contributed by atoms with E-state index in [1.54, 1.807) is 0 Å². The van der Waals surface area contributed by atoms with Crippen LogP contribution >= 0.6 is 0 Å². The zero-order valence-corrected chi connectivity index (χ0v) is 11.3. The molecule has 1 aromatic rings. The van der Waals surface area contributed by atoms with E-state index in [1.165, 1.54) is 32.4 Å². The molecule has 0 unspecified atom stereocenters. The van der Waals surface area contributed by atoms with Crippen LogP contribution in [-0.4, -0.2) is 44.8 Å². The van der Waals surface area contributed by atoms with Gasteiger partial charge in [-0.15, -0.1) is 0 Å². The molecule has 0 saturated carbocycles. The van der Waals surface area contributed by atoms with Gasteiger partial charge in [-0.3, -0.25) is 14.9 Å². The maximum Gasteiger partial charge on any atom is 0.314 e. The van der Waals surface area contributed by atoms with Crippen LogP contribution in [0.1, 0.15) is 0 Å². The Morgan fingerprint density at radius 1 is 1.40 bits per heavy atom. The molecular weight excluding hydrogens is 268 g/mol. The monoisotopic (exact) mass is 284 g/mol. The number of ether oxygens (including phenoxy) is 3. The number of hydrogen-bond acceptors (Lipinski definition) is 6. The minimum atomic E-state index is -0.597. The molecule has 1 amide bonds. The van der Waals surface area contributed by atoms with Crippen molar-refractivity contribution < 1.29 is 23.9 Å². The summed E-state index contributed by atoms with van der Waals surface area (Å²) in [5.74, 6) is -0.0292. The molecule has 0 saturated heterocycles. The number of nitro groups is 1. The van der Waals surface area contributed by atoms with E-state index >= 15 is 0 Å². The minimum Gasteiger partial charge on any atom is -0.496 e. The maximum atomic E-state index is 11.4. The summed E-state index contributed by atoms with van der Waals surface area (Å²) in [6, 6.07) is 4.14. The summed E-state index contributed by atoms with van der Waals surface area (Å²) in [5.41, 5.74) is -0.256. The molecule has 8 heteroatoms. The van der Waals surface area contributed by atoms with Crippen LogP contribution in [0.15, 0.2) is 18.2 Å². The topological polar surface area (TPSA) is 99.9 Å². The van der Waals surface area contributed by atoms with E-state index in [4.69, 9.17) is 14.2 Å². The molecular formula is C12H16N2O6. The van der Waals surface area contributed by atoms with E-state index < -0.39 is 4.92 Å². The molecule has 110 valence electrons. The van der Waals surface area contributed by atoms with Crippen molar-refractivity contribution >= 4 is 11.6 Å². The Bertz CT molecular complexity index is 477. The van der Waals surface area contributed by atoms with Crippen LogP contribution < -0.4 is 14.8 Å². The Hall–Kier alpha value is -2.35. The summed E-state index contributed by atoms with van der Waals surface area (Å²) in [6.45, 7) is 0.425. The first-order valence-corrected chi connectivity index (χ1v) is 5.79. The first-order chi connectivity index (χ1) is 9.58. The highest BCUT2D eigenvalue weighted by Crippen LogP contribution is 2.30. The Balaban J connectivity index is 2.63. The second kappa shape index (κ2) is 7.95. The van der Waals surface area contributed by atoms with Crippen molar-refractivity contribution in [1.29, 1.82) is 0 Å². The molecule has 0 aromatic heterocycles. The lowest BCUT2D eigenvalue weighted by Gasteiger charge is -2.08. The average Bonchev–Trinajstić information content (AvgIpc) is 2.45. The van der Waals surface area contributed by atoms with Gasteiger partial charge < -0.3 is 19.5 Å². The normalized spacial score (nSPS) is 9.90. The standard InChI is InChI=1S/C12H16N2O6/c1-18-6-5-13-12(15)8-20-11-4-3-9(19-2)7-10(11)14(16)17/h3-4,7H,5-6,8H2,1-2H3,(H,13,15). The summed E-state index contributed by atoms with van der Waals surface area (Å²) >= 11 is 0. The second-order valence-corrected chi connectivity index (χ2v) is 3.72. The highest BCUT2D eigenvalue weighted by molar-refractivity contribution is 5.77. The summed E-state index contributed by atoms with van der Waals surface area (Å²) < 4.78 is 14.8. The average molecular weight is 284 g/mol. The van der Waals surface area contributed by atoms with E-state index in [0.29, 0.717) is 18.9 Å². The van der Waals surface area contributed by atoms with Gasteiger partial charge in [-0.1, -0.05) is 0 Å². The molecule has 1 N–H and O–H groups in total. The van der Waals surface area contributed by atoms with Crippen molar-refractivity contribution in [3.63, 3.8) is 0 Å². The number of methoxy groups -OCH3 is 2. The van der Waals surface area contributed by atoms with Crippen LogP contribution in [0.2, 0.25) is 0 Å². The number of hydrogen-bond donors (Lipinski definition) is 1. The SMILES string of the molecule is COCCNC(=O)COc1ccc(OC)cc1[N+](=O)[O-]. The third-order valence-electron chi connectivity index (χ3n) is 2.35. The van der Waals surface area contributed by atoms with E-state index in [-0.39, 0.29) is 24.0 Å². The van der Waals surface area contributed by atoms with Crippen molar-refractivity contribution in [3.05, 3.63) is 28.3 Å². The molecule has 0 aliphatic rings. The van der Waals surface area contributed by atoms with Gasteiger partial charge in [-0.2, -0.15) is 0 Å². The van der Waals surface area contributed by atoms with Crippen LogP contribution in [0.25, 0.3) is 0 Å². The van der Waals surface area contributed by atoms with Gasteiger partial charge in [0.15, 0.2) is 12.4 Å². The first kappa shape index (κ1) is 15.7. The molecule has 1 rings (SSSR count). The van der Waals surface area contributed by atoms with Crippen molar-refractivity contribution in [1.82, 2.24) is 5.32 Å². The molecule has 0 radical (unpaired) electrons. The lowest BCUT2D eigenvalue weighted by molar-refractivity contribution is -0.385. The number of nitrogens with zero attached hydrogens (tertiary/aromatic N) is 1. The summed E-state index contributed by atoms with van der Waals surface area (Å²) in [5, 5.41) is 13.4. The predicted octanol–water partition coefficient (Wildman–Crippen LogP) is 0.745. The van der Waals surface area contributed by atoms with Crippen molar-refractivity contribution in [3.8, 4) is 11.5 Å². The van der Waals surface area contributed by atoms with E-state index in [1.807, 2.05) is 0 Å². The molecule has 0 atom stereocenters. The van der Waals surface area contributed by atoms with Gasteiger partial charge in [0.05, 0.1) is 24.7 Å². The molecule has 0 bridgehead atoms. The Morgan fingerprint density at radius 3 is 2.75 bits per heavy atom. The fraction of sp³-hybridized carbons (Fsp3) is 0.417. The van der Waals surface area contributed by atoms with Crippen LogP contribution in [0.5, 0.6) is 11.5 Å². The van der Waals surface area contributed by atoms with Crippen LogP contribution in [0.4, 0.5) is 5.69 Å². The molecule has 0 spiro atoms. The van der Waals surface area contributed by atoms with Crippen molar-refractivity contribution in [2.75, 3.05) is 34.0 Å². The minimum absolute atomic E-state index is 0.0118. The van der Waals surface area contributed by atoms with Gasteiger partial charge in [0.2, 0.25) is 0 Å². The van der Waals surface area contributed by atoms with Gasteiger partial charge in [0.25, 0.3) is 5.91 Å². The largest absolute Gasteiger partial charge is 0.496 e. The summed E-state index contributed by atoms with van der Waals surface area (Å²) in [6.07, 6.45) is 0. The van der Waals surface area contributed by atoms with Crippen molar-refractivity contribution in [2.45, 2.75) is 0 Å².